The van der Waals surface area contributed by atoms with E-state index in [2.05, 4.69) is 9.97 Å². The Morgan fingerprint density at radius 3 is 2.81 bits per heavy atom. The smallest absolute Gasteiger partial charge is 0.250 e. The number of nitrogens with two attached hydrogens (primary N) is 1. The summed E-state index contributed by atoms with van der Waals surface area (Å²) in [7, 11) is 0. The van der Waals surface area contributed by atoms with Gasteiger partial charge in [-0.2, -0.15) is 0 Å². The molecule has 2 aromatic heterocycles. The summed E-state index contributed by atoms with van der Waals surface area (Å²) in [4.78, 5) is 19.4. The third-order valence-corrected chi connectivity index (χ3v) is 3.55. The fourth-order valence-electron chi connectivity index (χ4n) is 2.49. The summed E-state index contributed by atoms with van der Waals surface area (Å²) < 4.78 is 6.83. The highest BCUT2D eigenvalue weighted by molar-refractivity contribution is 6.05. The lowest BCUT2D eigenvalue weighted by molar-refractivity contribution is -0.0508. The van der Waals surface area contributed by atoms with Crippen LogP contribution in [0.4, 0.5) is 0 Å². The number of fused-ring (bicyclic) bond motifs is 1. The van der Waals surface area contributed by atoms with Crippen molar-refractivity contribution in [3.8, 4) is 0 Å². The molecule has 1 saturated heterocycles. The molecule has 112 valence electrons. The first-order valence-corrected chi connectivity index (χ1v) is 6.27. The molecule has 9 nitrogen and oxygen atoms in total. The molecule has 1 aliphatic rings. The molecule has 9 heteroatoms. The molecule has 0 spiro atoms. The van der Waals surface area contributed by atoms with Crippen molar-refractivity contribution in [3.63, 3.8) is 0 Å². The quantitative estimate of drug-likeness (QED) is 0.519. The average molecular weight is 294 g/mol. The van der Waals surface area contributed by atoms with Crippen molar-refractivity contribution in [2.45, 2.75) is 24.5 Å². The van der Waals surface area contributed by atoms with Crippen molar-refractivity contribution < 1.29 is 24.9 Å². The van der Waals surface area contributed by atoms with E-state index in [-0.39, 0.29) is 5.56 Å². The van der Waals surface area contributed by atoms with Gasteiger partial charge in [0, 0.05) is 12.4 Å². The maximum atomic E-state index is 11.5. The van der Waals surface area contributed by atoms with Crippen LogP contribution in [-0.4, -0.2) is 60.7 Å². The fraction of sp³-hybridized carbons (Fsp3) is 0.417. The number of nitrogens with zero attached hydrogens (tertiary/aromatic N) is 3. The standard InChI is InChI=1S/C12H14N4O5/c13-10(20)6-2-16(11-5(6)1-14-4-15-11)12-9(19)8(18)7(3-17)21-12/h1-2,4,7-9,12,17-19H,3H2,(H2,13,20)/t7-,8-,9-,12-/m1/s1. The van der Waals surface area contributed by atoms with Gasteiger partial charge in [0.2, 0.25) is 0 Å². The van der Waals surface area contributed by atoms with Crippen LogP contribution in [0.2, 0.25) is 0 Å². The molecule has 5 N–H and O–H groups in total. The Balaban J connectivity index is 2.11. The van der Waals surface area contributed by atoms with Gasteiger partial charge in [-0.05, 0) is 0 Å². The predicted octanol–water partition coefficient (Wildman–Crippen LogP) is -1.86. The monoisotopic (exact) mass is 294 g/mol. The summed E-state index contributed by atoms with van der Waals surface area (Å²) in [6.07, 6.45) is -0.304. The number of hydrogen-bond acceptors (Lipinski definition) is 7. The summed E-state index contributed by atoms with van der Waals surface area (Å²) in [6.45, 7) is -0.439. The highest BCUT2D eigenvalue weighted by Crippen LogP contribution is 2.32. The van der Waals surface area contributed by atoms with Gasteiger partial charge >= 0.3 is 0 Å². The molecule has 1 amide bonds. The number of aliphatic hydroxyl groups is 3. The van der Waals surface area contributed by atoms with Crippen molar-refractivity contribution in [1.82, 2.24) is 14.5 Å². The average Bonchev–Trinajstić information content (AvgIpc) is 2.99. The summed E-state index contributed by atoms with van der Waals surface area (Å²) >= 11 is 0. The molecule has 3 rings (SSSR count). The van der Waals surface area contributed by atoms with Crippen molar-refractivity contribution >= 4 is 16.9 Å². The Hall–Kier alpha value is -2.07. The van der Waals surface area contributed by atoms with Crippen LogP contribution in [0.5, 0.6) is 0 Å². The van der Waals surface area contributed by atoms with Crippen LogP contribution in [0.1, 0.15) is 16.6 Å². The van der Waals surface area contributed by atoms with Gasteiger partial charge in [0.25, 0.3) is 5.91 Å². The van der Waals surface area contributed by atoms with Gasteiger partial charge in [-0.1, -0.05) is 0 Å². The molecule has 1 aliphatic heterocycles. The lowest BCUT2D eigenvalue weighted by Gasteiger charge is -2.17. The topological polar surface area (TPSA) is 144 Å². The molecule has 0 unspecified atom stereocenters. The van der Waals surface area contributed by atoms with Crippen LogP contribution in [0.25, 0.3) is 11.0 Å². The summed E-state index contributed by atoms with van der Waals surface area (Å²) in [5.74, 6) is -0.666. The van der Waals surface area contributed by atoms with Crippen LogP contribution in [-0.2, 0) is 4.74 Å². The number of primary amides is 1. The SMILES string of the molecule is NC(=O)c1cn([C@@H]2O[C@H](CO)[C@@H](O)[C@H]2O)c2ncncc12. The fourth-order valence-corrected chi connectivity index (χ4v) is 2.49. The number of aromatic nitrogens is 3. The van der Waals surface area contributed by atoms with E-state index in [0.29, 0.717) is 11.0 Å². The van der Waals surface area contributed by atoms with E-state index in [1.165, 1.54) is 23.3 Å². The largest absolute Gasteiger partial charge is 0.394 e. The van der Waals surface area contributed by atoms with Crippen LogP contribution < -0.4 is 5.73 Å². The Bertz CT molecular complexity index is 687. The molecule has 0 aliphatic carbocycles. The lowest BCUT2D eigenvalue weighted by Crippen LogP contribution is -2.33. The van der Waals surface area contributed by atoms with Crippen molar-refractivity contribution in [2.24, 2.45) is 5.73 Å². The molecular weight excluding hydrogens is 280 g/mol. The van der Waals surface area contributed by atoms with Gasteiger partial charge in [0.1, 0.15) is 30.3 Å². The van der Waals surface area contributed by atoms with Gasteiger partial charge in [0.05, 0.1) is 17.6 Å². The summed E-state index contributed by atoms with van der Waals surface area (Å²) in [5.41, 5.74) is 5.83. The number of hydrogen-bond donors (Lipinski definition) is 4. The molecule has 3 heterocycles. The number of ether oxygens (including phenoxy) is 1. The molecule has 2 aromatic rings. The first-order chi connectivity index (χ1) is 10.0. The molecule has 0 saturated carbocycles. The zero-order valence-corrected chi connectivity index (χ0v) is 10.8. The number of carbonyl (C=O) groups is 1. The Kier molecular flexibility index (Phi) is 3.33. The van der Waals surface area contributed by atoms with Crippen molar-refractivity contribution in [1.29, 1.82) is 0 Å². The Labute approximate surface area is 118 Å². The molecule has 0 bridgehead atoms. The second kappa shape index (κ2) is 5.04. The Morgan fingerprint density at radius 2 is 2.19 bits per heavy atom. The van der Waals surface area contributed by atoms with Gasteiger partial charge in [0.15, 0.2) is 6.23 Å². The van der Waals surface area contributed by atoms with E-state index in [1.54, 1.807) is 0 Å². The minimum absolute atomic E-state index is 0.184. The minimum atomic E-state index is -1.27. The van der Waals surface area contributed by atoms with E-state index >= 15 is 0 Å². The van der Waals surface area contributed by atoms with Crippen LogP contribution >= 0.6 is 0 Å². The van der Waals surface area contributed by atoms with E-state index in [4.69, 9.17) is 15.6 Å². The second-order valence-electron chi connectivity index (χ2n) is 4.80. The van der Waals surface area contributed by atoms with Crippen molar-refractivity contribution in [2.75, 3.05) is 6.61 Å². The predicted molar refractivity (Wildman–Crippen MR) is 69.1 cm³/mol. The minimum Gasteiger partial charge on any atom is -0.394 e. The van der Waals surface area contributed by atoms with E-state index < -0.39 is 37.1 Å². The van der Waals surface area contributed by atoms with E-state index in [9.17, 15) is 15.0 Å². The third kappa shape index (κ3) is 2.07. The normalized spacial score (nSPS) is 29.1. The van der Waals surface area contributed by atoms with Crippen LogP contribution in [0.15, 0.2) is 18.7 Å². The first kappa shape index (κ1) is 13.9. The third-order valence-electron chi connectivity index (χ3n) is 3.55. The molecule has 21 heavy (non-hydrogen) atoms. The van der Waals surface area contributed by atoms with Crippen LogP contribution in [0, 0.1) is 0 Å². The highest BCUT2D eigenvalue weighted by Gasteiger charge is 2.44. The molecule has 1 fully saturated rings. The van der Waals surface area contributed by atoms with Gasteiger partial charge in [-0.25, -0.2) is 9.97 Å². The van der Waals surface area contributed by atoms with E-state index in [0.717, 1.165) is 0 Å². The zero-order chi connectivity index (χ0) is 15.1. The maximum absolute atomic E-state index is 11.5. The van der Waals surface area contributed by atoms with Crippen molar-refractivity contribution in [3.05, 3.63) is 24.3 Å². The summed E-state index contributed by atoms with van der Waals surface area (Å²) in [6, 6.07) is 0. The first-order valence-electron chi connectivity index (χ1n) is 6.27. The number of amides is 1. The van der Waals surface area contributed by atoms with E-state index in [1.807, 2.05) is 0 Å². The van der Waals surface area contributed by atoms with Gasteiger partial charge in [-0.3, -0.25) is 4.79 Å². The highest BCUT2D eigenvalue weighted by atomic mass is 16.6. The number of aliphatic hydroxyl groups excluding tert-OH is 3. The maximum Gasteiger partial charge on any atom is 0.250 e. The molecule has 4 atom stereocenters. The number of carbonyl (C=O) groups excluding carboxylic acids is 1. The second-order valence-corrected chi connectivity index (χ2v) is 4.80. The molecular formula is C12H14N4O5. The Morgan fingerprint density at radius 1 is 1.43 bits per heavy atom. The lowest BCUT2D eigenvalue weighted by atomic mass is 10.1. The molecule has 0 radical (unpaired) electrons. The van der Waals surface area contributed by atoms with Gasteiger partial charge < -0.3 is 30.4 Å². The van der Waals surface area contributed by atoms with Crippen LogP contribution in [0.3, 0.4) is 0 Å². The zero-order valence-electron chi connectivity index (χ0n) is 10.8. The van der Waals surface area contributed by atoms with Gasteiger partial charge in [-0.15, -0.1) is 0 Å². The molecule has 0 aromatic carbocycles. The number of rotatable bonds is 3. The summed E-state index contributed by atoms with van der Waals surface area (Å²) in [5, 5.41) is 29.4.